The highest BCUT2D eigenvalue weighted by Gasteiger charge is 2.19. The Kier molecular flexibility index (Phi) is 50.0. The van der Waals surface area contributed by atoms with Crippen LogP contribution in [0.1, 0.15) is 220 Å². The number of hydrogen-bond donors (Lipinski definition) is 0. The second-order valence-electron chi connectivity index (χ2n) is 17.1. The number of unbranched alkanes of at least 4 members (excludes halogenated alkanes) is 15. The van der Waals surface area contributed by atoms with Gasteiger partial charge in [-0.1, -0.05) is 213 Å². The van der Waals surface area contributed by atoms with Crippen LogP contribution in [-0.4, -0.2) is 37.2 Å². The van der Waals surface area contributed by atoms with Crippen LogP contribution in [0.4, 0.5) is 0 Å². The summed E-state index contributed by atoms with van der Waals surface area (Å²) >= 11 is 0. The molecule has 66 heavy (non-hydrogen) atoms. The maximum atomic E-state index is 12.7. The quantitative estimate of drug-likeness (QED) is 0.0262. The standard InChI is InChI=1S/C60H96O6/c1-4-7-10-13-16-18-20-21-22-23-24-25-26-27-28-29-30-31-32-33-34-35-36-37-38-39-41-42-44-47-50-53-59(62)65-56-57(55-64-58(61)52-49-46-15-12-9-6-3)66-60(63)54-51-48-45-43-40-19-17-14-11-8-5-2/h7,10,14,16-18,21-22,24-25,27-28,30-31,33-34,36-37,39,41,57H,4-6,8-9,11-13,15,19-20,23,26,29,32,35,38,40,42-56H2,1-3H3/b10-7-,17-14-,18-16-,22-21-,25-24-,28-27-,31-30-,34-33-,37-36-,41-39-. The molecule has 372 valence electrons. The van der Waals surface area contributed by atoms with Gasteiger partial charge in [0.2, 0.25) is 0 Å². The fraction of sp³-hybridized carbons (Fsp3) is 0.617. The maximum absolute atomic E-state index is 12.7. The van der Waals surface area contributed by atoms with E-state index in [0.717, 1.165) is 135 Å². The first-order valence-corrected chi connectivity index (χ1v) is 26.5. The molecule has 0 aliphatic heterocycles. The van der Waals surface area contributed by atoms with E-state index in [1.165, 1.54) is 44.9 Å². The summed E-state index contributed by atoms with van der Waals surface area (Å²) in [6.07, 6.45) is 73.7. The van der Waals surface area contributed by atoms with Crippen molar-refractivity contribution >= 4 is 17.9 Å². The van der Waals surface area contributed by atoms with E-state index < -0.39 is 6.10 Å². The second kappa shape index (κ2) is 53.4. The highest BCUT2D eigenvalue weighted by molar-refractivity contribution is 5.71. The molecule has 0 saturated carbocycles. The third kappa shape index (κ3) is 50.8. The highest BCUT2D eigenvalue weighted by Crippen LogP contribution is 2.12. The van der Waals surface area contributed by atoms with Crippen LogP contribution >= 0.6 is 0 Å². The lowest BCUT2D eigenvalue weighted by molar-refractivity contribution is -0.167. The van der Waals surface area contributed by atoms with E-state index in [4.69, 9.17) is 14.2 Å². The van der Waals surface area contributed by atoms with Crippen molar-refractivity contribution in [1.82, 2.24) is 0 Å². The van der Waals surface area contributed by atoms with Crippen molar-refractivity contribution < 1.29 is 28.6 Å². The summed E-state index contributed by atoms with van der Waals surface area (Å²) in [5.41, 5.74) is 0. The minimum absolute atomic E-state index is 0.0945. The van der Waals surface area contributed by atoms with Gasteiger partial charge < -0.3 is 14.2 Å². The van der Waals surface area contributed by atoms with Crippen LogP contribution in [0.25, 0.3) is 0 Å². The number of ether oxygens (including phenoxy) is 3. The smallest absolute Gasteiger partial charge is 0.306 e. The van der Waals surface area contributed by atoms with Gasteiger partial charge in [-0.2, -0.15) is 0 Å². The Morgan fingerprint density at radius 1 is 0.318 bits per heavy atom. The van der Waals surface area contributed by atoms with Gasteiger partial charge in [-0.15, -0.1) is 0 Å². The van der Waals surface area contributed by atoms with Crippen LogP contribution in [0.5, 0.6) is 0 Å². The summed E-state index contributed by atoms with van der Waals surface area (Å²) in [4.78, 5) is 37.6. The summed E-state index contributed by atoms with van der Waals surface area (Å²) in [6.45, 7) is 6.36. The largest absolute Gasteiger partial charge is 0.462 e. The second-order valence-corrected chi connectivity index (χ2v) is 17.1. The first-order chi connectivity index (χ1) is 32.5. The maximum Gasteiger partial charge on any atom is 0.306 e. The molecule has 0 fully saturated rings. The molecule has 0 aromatic carbocycles. The molecule has 0 N–H and O–H groups in total. The fourth-order valence-electron chi connectivity index (χ4n) is 6.71. The fourth-order valence-corrected chi connectivity index (χ4v) is 6.71. The van der Waals surface area contributed by atoms with Gasteiger partial charge in [0.25, 0.3) is 0 Å². The van der Waals surface area contributed by atoms with E-state index in [-0.39, 0.29) is 31.1 Å². The summed E-state index contributed by atoms with van der Waals surface area (Å²) in [7, 11) is 0. The lowest BCUT2D eigenvalue weighted by Crippen LogP contribution is -2.30. The number of esters is 3. The molecular weight excluding hydrogens is 817 g/mol. The third-order valence-electron chi connectivity index (χ3n) is 10.7. The lowest BCUT2D eigenvalue weighted by Gasteiger charge is -2.18. The van der Waals surface area contributed by atoms with E-state index >= 15 is 0 Å². The average Bonchev–Trinajstić information content (AvgIpc) is 3.31. The molecule has 0 aliphatic carbocycles. The summed E-state index contributed by atoms with van der Waals surface area (Å²) < 4.78 is 16.6. The summed E-state index contributed by atoms with van der Waals surface area (Å²) in [5.74, 6) is -0.958. The van der Waals surface area contributed by atoms with Crippen LogP contribution in [0.15, 0.2) is 122 Å². The molecule has 0 saturated heterocycles. The Labute approximate surface area is 405 Å². The molecule has 0 radical (unpaired) electrons. The zero-order valence-corrected chi connectivity index (χ0v) is 42.4. The molecular formula is C60H96O6. The number of carbonyl (C=O) groups is 3. The molecule has 0 aliphatic rings. The zero-order chi connectivity index (χ0) is 47.9. The van der Waals surface area contributed by atoms with Crippen LogP contribution in [0, 0.1) is 0 Å². The molecule has 0 heterocycles. The summed E-state index contributed by atoms with van der Waals surface area (Å²) in [5, 5.41) is 0. The van der Waals surface area contributed by atoms with Crippen molar-refractivity contribution in [1.29, 1.82) is 0 Å². The van der Waals surface area contributed by atoms with Crippen molar-refractivity contribution in [3.63, 3.8) is 0 Å². The van der Waals surface area contributed by atoms with E-state index in [2.05, 4.69) is 142 Å². The van der Waals surface area contributed by atoms with Gasteiger partial charge in [-0.05, 0) is 109 Å². The Balaban J connectivity index is 4.20. The first kappa shape index (κ1) is 61.8. The van der Waals surface area contributed by atoms with Crippen molar-refractivity contribution in [3.05, 3.63) is 122 Å². The minimum Gasteiger partial charge on any atom is -0.462 e. The van der Waals surface area contributed by atoms with E-state index in [1.807, 2.05) is 0 Å². The number of allylic oxidation sites excluding steroid dienone is 20. The van der Waals surface area contributed by atoms with E-state index in [0.29, 0.717) is 19.3 Å². The number of rotatable bonds is 46. The predicted molar refractivity (Wildman–Crippen MR) is 283 cm³/mol. The molecule has 1 unspecified atom stereocenters. The molecule has 0 rings (SSSR count). The SMILES string of the molecule is CC/C=C\C/C=C\C/C=C\C/C=C\C/C=C\C/C=C\C/C=C\C/C=C\C/C=C\CCCCCC(=O)OCC(COC(=O)CCCCCCCC)OC(=O)CCCCCCC/C=C\CCCC. The molecule has 0 spiro atoms. The highest BCUT2D eigenvalue weighted by atomic mass is 16.6. The average molecular weight is 913 g/mol. The van der Waals surface area contributed by atoms with Gasteiger partial charge in [0.15, 0.2) is 6.10 Å². The molecule has 6 nitrogen and oxygen atoms in total. The van der Waals surface area contributed by atoms with Gasteiger partial charge in [-0.3, -0.25) is 14.4 Å². The van der Waals surface area contributed by atoms with Crippen molar-refractivity contribution in [2.75, 3.05) is 13.2 Å². The topological polar surface area (TPSA) is 78.9 Å². The van der Waals surface area contributed by atoms with Gasteiger partial charge in [-0.25, -0.2) is 0 Å². The van der Waals surface area contributed by atoms with Crippen molar-refractivity contribution in [3.8, 4) is 0 Å². The minimum atomic E-state index is -0.794. The Hall–Kier alpha value is -4.19. The number of hydrogen-bond acceptors (Lipinski definition) is 6. The molecule has 0 aromatic heterocycles. The molecule has 0 amide bonds. The van der Waals surface area contributed by atoms with Gasteiger partial charge in [0, 0.05) is 19.3 Å². The van der Waals surface area contributed by atoms with Crippen LogP contribution in [0.2, 0.25) is 0 Å². The predicted octanol–water partition coefficient (Wildman–Crippen LogP) is 17.7. The van der Waals surface area contributed by atoms with Gasteiger partial charge >= 0.3 is 17.9 Å². The molecule has 0 bridgehead atoms. The van der Waals surface area contributed by atoms with Crippen LogP contribution < -0.4 is 0 Å². The Morgan fingerprint density at radius 3 is 1.00 bits per heavy atom. The Morgan fingerprint density at radius 2 is 0.606 bits per heavy atom. The summed E-state index contributed by atoms with van der Waals surface area (Å²) in [6, 6.07) is 0. The number of carbonyl (C=O) groups excluding carboxylic acids is 3. The molecule has 6 heteroatoms. The van der Waals surface area contributed by atoms with Crippen molar-refractivity contribution in [2.24, 2.45) is 0 Å². The van der Waals surface area contributed by atoms with E-state index in [9.17, 15) is 14.4 Å². The zero-order valence-electron chi connectivity index (χ0n) is 42.4. The lowest BCUT2D eigenvalue weighted by atomic mass is 10.1. The van der Waals surface area contributed by atoms with Gasteiger partial charge in [0.1, 0.15) is 13.2 Å². The van der Waals surface area contributed by atoms with Crippen LogP contribution in [-0.2, 0) is 28.6 Å². The van der Waals surface area contributed by atoms with Gasteiger partial charge in [0.05, 0.1) is 0 Å². The van der Waals surface area contributed by atoms with Crippen molar-refractivity contribution in [2.45, 2.75) is 226 Å². The monoisotopic (exact) mass is 913 g/mol. The third-order valence-corrected chi connectivity index (χ3v) is 10.7. The molecule has 1 atom stereocenters. The Bertz CT molecular complexity index is 1420. The van der Waals surface area contributed by atoms with Crippen LogP contribution in [0.3, 0.4) is 0 Å². The van der Waals surface area contributed by atoms with E-state index in [1.54, 1.807) is 0 Å². The normalized spacial score (nSPS) is 13.1. The first-order valence-electron chi connectivity index (χ1n) is 26.5. The molecule has 0 aromatic rings.